The highest BCUT2D eigenvalue weighted by atomic mass is 32.2. The number of hydrogen-bond donors (Lipinski definition) is 1. The quantitative estimate of drug-likeness (QED) is 0.639. The molecule has 0 radical (unpaired) electrons. The van der Waals surface area contributed by atoms with E-state index >= 15 is 0 Å². The van der Waals surface area contributed by atoms with Gasteiger partial charge in [-0.1, -0.05) is 11.8 Å². The normalized spacial score (nSPS) is 14.3. The van der Waals surface area contributed by atoms with E-state index < -0.39 is 0 Å². The van der Waals surface area contributed by atoms with E-state index in [9.17, 15) is 9.59 Å². The number of aromatic amines is 1. The molecule has 1 N–H and O–H groups in total. The van der Waals surface area contributed by atoms with Gasteiger partial charge in [0.15, 0.2) is 10.9 Å². The molecule has 1 aliphatic rings. The molecule has 0 saturated carbocycles. The van der Waals surface area contributed by atoms with Crippen molar-refractivity contribution in [2.75, 3.05) is 6.61 Å². The molecule has 1 aromatic carbocycles. The van der Waals surface area contributed by atoms with Crippen LogP contribution in [0.3, 0.4) is 0 Å². The first kappa shape index (κ1) is 16.5. The van der Waals surface area contributed by atoms with Crippen LogP contribution in [0.15, 0.2) is 35.5 Å². The highest BCUT2D eigenvalue weighted by molar-refractivity contribution is 8.00. The molecule has 1 unspecified atom stereocenters. The summed E-state index contributed by atoms with van der Waals surface area (Å²) in [5.74, 6) is 0.697. The number of ether oxygens (including phenoxy) is 1. The van der Waals surface area contributed by atoms with E-state index in [1.807, 2.05) is 20.8 Å². The molecule has 3 rings (SSSR count). The van der Waals surface area contributed by atoms with Crippen LogP contribution in [0.1, 0.15) is 47.3 Å². The molecule has 0 saturated heterocycles. The second-order valence-electron chi connectivity index (χ2n) is 5.54. The number of ketones is 2. The van der Waals surface area contributed by atoms with Gasteiger partial charge in [0.2, 0.25) is 5.78 Å². The lowest BCUT2D eigenvalue weighted by Gasteiger charge is -2.09. The van der Waals surface area contributed by atoms with Crippen molar-refractivity contribution in [1.82, 2.24) is 9.97 Å². The minimum absolute atomic E-state index is 0.0122. The van der Waals surface area contributed by atoms with Gasteiger partial charge < -0.3 is 9.72 Å². The van der Waals surface area contributed by atoms with Crippen molar-refractivity contribution in [2.45, 2.75) is 31.2 Å². The Kier molecular flexibility index (Phi) is 4.57. The van der Waals surface area contributed by atoms with Crippen LogP contribution in [0, 0.1) is 0 Å². The SMILES string of the molecule is CCOc1ccc(C(=O)C(C)Sc2nc3c([nH]2)C(=O)C=C3C)cc1. The highest BCUT2D eigenvalue weighted by Gasteiger charge is 2.25. The van der Waals surface area contributed by atoms with Crippen LogP contribution in [-0.2, 0) is 0 Å². The van der Waals surface area contributed by atoms with Crippen LogP contribution in [0.2, 0.25) is 0 Å². The van der Waals surface area contributed by atoms with Gasteiger partial charge in [0.1, 0.15) is 11.4 Å². The predicted molar refractivity (Wildman–Crippen MR) is 93.8 cm³/mol. The first-order chi connectivity index (χ1) is 11.5. The summed E-state index contributed by atoms with van der Waals surface area (Å²) in [4.78, 5) is 31.8. The first-order valence-electron chi connectivity index (χ1n) is 7.76. The summed E-state index contributed by atoms with van der Waals surface area (Å²) >= 11 is 1.32. The van der Waals surface area contributed by atoms with Crippen molar-refractivity contribution in [3.63, 3.8) is 0 Å². The first-order valence-corrected chi connectivity index (χ1v) is 8.64. The molecular weight excluding hydrogens is 324 g/mol. The number of rotatable bonds is 6. The predicted octanol–water partition coefficient (Wildman–Crippen LogP) is 3.77. The second-order valence-corrected chi connectivity index (χ2v) is 6.87. The number of Topliss-reactive ketones (excluding diaryl/α,β-unsaturated/α-hetero) is 1. The number of benzene rings is 1. The zero-order chi connectivity index (χ0) is 17.3. The standard InChI is InChI=1S/C18H18N2O3S/c1-4-23-13-7-5-12(6-8-13)17(22)11(3)24-18-19-15-10(2)9-14(21)16(15)20-18/h5-9,11H,4H2,1-3H3,(H,19,20). The number of nitrogens with one attached hydrogen (secondary N) is 1. The lowest BCUT2D eigenvalue weighted by atomic mass is 10.1. The third-order valence-electron chi connectivity index (χ3n) is 3.76. The van der Waals surface area contributed by atoms with Crippen molar-refractivity contribution in [3.05, 3.63) is 47.3 Å². The number of H-pyrrole nitrogens is 1. The minimum atomic E-state index is -0.311. The Labute approximate surface area is 144 Å². The fraction of sp³-hybridized carbons (Fsp3) is 0.278. The zero-order valence-corrected chi connectivity index (χ0v) is 14.6. The van der Waals surface area contributed by atoms with E-state index in [0.29, 0.717) is 28.7 Å². The summed E-state index contributed by atoms with van der Waals surface area (Å²) < 4.78 is 5.38. The van der Waals surface area contributed by atoms with E-state index in [2.05, 4.69) is 9.97 Å². The molecule has 2 aromatic rings. The molecule has 1 atom stereocenters. The van der Waals surface area contributed by atoms with Crippen LogP contribution < -0.4 is 4.74 Å². The summed E-state index contributed by atoms with van der Waals surface area (Å²) in [6, 6.07) is 7.12. The molecule has 0 bridgehead atoms. The maximum atomic E-state index is 12.5. The van der Waals surface area contributed by atoms with E-state index in [-0.39, 0.29) is 16.8 Å². The molecule has 6 heteroatoms. The molecule has 5 nitrogen and oxygen atoms in total. The number of imidazole rings is 1. The van der Waals surface area contributed by atoms with Crippen LogP contribution in [0.4, 0.5) is 0 Å². The van der Waals surface area contributed by atoms with Crippen LogP contribution in [-0.4, -0.2) is 33.4 Å². The lowest BCUT2D eigenvalue weighted by molar-refractivity contribution is 0.0993. The van der Waals surface area contributed by atoms with Gasteiger partial charge >= 0.3 is 0 Å². The van der Waals surface area contributed by atoms with Gasteiger partial charge in [-0.3, -0.25) is 9.59 Å². The number of allylic oxidation sites excluding steroid dienone is 2. The van der Waals surface area contributed by atoms with Gasteiger partial charge in [0.05, 0.1) is 17.6 Å². The molecule has 0 amide bonds. The number of carbonyl (C=O) groups is 2. The van der Waals surface area contributed by atoms with Crippen LogP contribution in [0.5, 0.6) is 5.75 Å². The second kappa shape index (κ2) is 6.65. The Morgan fingerprint density at radius 3 is 2.67 bits per heavy atom. The van der Waals surface area contributed by atoms with E-state index in [1.54, 1.807) is 30.3 Å². The van der Waals surface area contributed by atoms with Gasteiger partial charge in [-0.2, -0.15) is 0 Å². The van der Waals surface area contributed by atoms with E-state index in [4.69, 9.17) is 4.74 Å². The molecular formula is C18H18N2O3S. The average Bonchev–Trinajstić information content (AvgIpc) is 3.09. The van der Waals surface area contributed by atoms with Gasteiger partial charge in [-0.15, -0.1) is 0 Å². The molecule has 0 aliphatic heterocycles. The lowest BCUT2D eigenvalue weighted by Crippen LogP contribution is -2.13. The fourth-order valence-corrected chi connectivity index (χ4v) is 3.43. The highest BCUT2D eigenvalue weighted by Crippen LogP contribution is 2.30. The molecule has 1 heterocycles. The van der Waals surface area contributed by atoms with Crippen molar-refractivity contribution in [1.29, 1.82) is 0 Å². The Bertz CT molecular complexity index is 821. The molecule has 124 valence electrons. The molecule has 1 aromatic heterocycles. The van der Waals surface area contributed by atoms with Gasteiger partial charge in [0, 0.05) is 5.56 Å². The summed E-state index contributed by atoms with van der Waals surface area (Å²) in [5, 5.41) is 0.279. The van der Waals surface area contributed by atoms with Crippen molar-refractivity contribution < 1.29 is 14.3 Å². The third-order valence-corrected chi connectivity index (χ3v) is 4.74. The van der Waals surface area contributed by atoms with Crippen molar-refractivity contribution >= 4 is 28.9 Å². The third kappa shape index (κ3) is 3.14. The molecule has 0 fully saturated rings. The largest absolute Gasteiger partial charge is 0.494 e. The Morgan fingerprint density at radius 2 is 2.04 bits per heavy atom. The number of thioether (sulfide) groups is 1. The molecule has 24 heavy (non-hydrogen) atoms. The Balaban J connectivity index is 1.71. The van der Waals surface area contributed by atoms with Crippen molar-refractivity contribution in [3.8, 4) is 5.75 Å². The zero-order valence-electron chi connectivity index (χ0n) is 13.8. The maximum absolute atomic E-state index is 12.5. The summed E-state index contributed by atoms with van der Waals surface area (Å²) in [7, 11) is 0. The summed E-state index contributed by atoms with van der Waals surface area (Å²) in [5.41, 5.74) is 2.67. The molecule has 1 aliphatic carbocycles. The van der Waals surface area contributed by atoms with Crippen LogP contribution in [0.25, 0.3) is 5.57 Å². The number of fused-ring (bicyclic) bond motifs is 1. The van der Waals surface area contributed by atoms with E-state index in [1.165, 1.54) is 11.8 Å². The fourth-order valence-electron chi connectivity index (χ4n) is 2.55. The Hall–Kier alpha value is -2.34. The number of nitrogens with zero attached hydrogens (tertiary/aromatic N) is 1. The van der Waals surface area contributed by atoms with Crippen LogP contribution >= 0.6 is 11.8 Å². The van der Waals surface area contributed by atoms with Gasteiger partial charge in [0.25, 0.3) is 0 Å². The topological polar surface area (TPSA) is 72.0 Å². The minimum Gasteiger partial charge on any atom is -0.494 e. The summed E-state index contributed by atoms with van der Waals surface area (Å²) in [6.45, 7) is 6.20. The van der Waals surface area contributed by atoms with Gasteiger partial charge in [-0.25, -0.2) is 4.98 Å². The Morgan fingerprint density at radius 1 is 1.33 bits per heavy atom. The van der Waals surface area contributed by atoms with Crippen molar-refractivity contribution in [2.24, 2.45) is 0 Å². The van der Waals surface area contributed by atoms with E-state index in [0.717, 1.165) is 11.3 Å². The number of hydrogen-bond acceptors (Lipinski definition) is 5. The van der Waals surface area contributed by atoms with Gasteiger partial charge in [-0.05, 0) is 56.7 Å². The monoisotopic (exact) mass is 342 g/mol. The molecule has 0 spiro atoms. The smallest absolute Gasteiger partial charge is 0.204 e. The summed E-state index contributed by atoms with van der Waals surface area (Å²) in [6.07, 6.45) is 1.57. The average molecular weight is 342 g/mol. The number of aromatic nitrogens is 2. The number of carbonyl (C=O) groups excluding carboxylic acids is 2. The maximum Gasteiger partial charge on any atom is 0.204 e.